The predicted molar refractivity (Wildman–Crippen MR) is 370 cm³/mol. The molecule has 0 bridgehead atoms. The molecular formula is C76H85Cl3N8O5. The maximum atomic E-state index is 11.9. The molecular weight excluding hydrogens is 1210 g/mol. The van der Waals surface area contributed by atoms with Gasteiger partial charge in [0.15, 0.2) is 11.1 Å². The van der Waals surface area contributed by atoms with Crippen LogP contribution >= 0.6 is 34.8 Å². The van der Waals surface area contributed by atoms with E-state index >= 15 is 0 Å². The summed E-state index contributed by atoms with van der Waals surface area (Å²) in [6.45, 7) is 20.5. The Morgan fingerprint density at radius 1 is 0.500 bits per heavy atom. The largest absolute Gasteiger partial charge is 0.434 e. The molecule has 10 rings (SSSR count). The first kappa shape index (κ1) is 74.4. The third kappa shape index (κ3) is 26.1. The molecule has 0 saturated carbocycles. The Kier molecular flexibility index (Phi) is 33.3. The van der Waals surface area contributed by atoms with E-state index in [1.54, 1.807) is 11.8 Å². The average molecular weight is 1300 g/mol. The van der Waals surface area contributed by atoms with Gasteiger partial charge in [0, 0.05) is 82.8 Å². The number of hydrogen-bond donors (Lipinski definition) is 1. The maximum Gasteiger partial charge on any atom is 0.411 e. The van der Waals surface area contributed by atoms with Gasteiger partial charge in [0.2, 0.25) is 0 Å². The number of Topliss-reactive ketones (excluding diaryl/α,β-unsaturated/α-hetero) is 1. The van der Waals surface area contributed by atoms with Crippen molar-refractivity contribution in [2.75, 3.05) is 52.4 Å². The number of halogens is 3. The lowest BCUT2D eigenvalue weighted by atomic mass is 9.86. The Balaban J connectivity index is 0.000000208. The van der Waals surface area contributed by atoms with Gasteiger partial charge >= 0.3 is 11.5 Å². The van der Waals surface area contributed by atoms with Crippen molar-refractivity contribution in [2.45, 2.75) is 97.9 Å². The molecule has 480 valence electrons. The summed E-state index contributed by atoms with van der Waals surface area (Å²) < 4.78 is 9.16. The molecule has 4 aliphatic heterocycles. The second-order valence-electron chi connectivity index (χ2n) is 22.9. The summed E-state index contributed by atoms with van der Waals surface area (Å²) >= 11 is 15.6. The summed E-state index contributed by atoms with van der Waals surface area (Å²) in [7, 11) is 0. The Morgan fingerprint density at radius 2 is 0.870 bits per heavy atom. The van der Waals surface area contributed by atoms with Crippen LogP contribution in [0.5, 0.6) is 0 Å². The number of benzene rings is 6. The van der Waals surface area contributed by atoms with E-state index in [9.17, 15) is 30.2 Å². The van der Waals surface area contributed by atoms with Gasteiger partial charge in [-0.2, -0.15) is 21.0 Å². The van der Waals surface area contributed by atoms with Crippen molar-refractivity contribution in [3.63, 3.8) is 0 Å². The standard InChI is InChI=1S/C21H22N2.C17H19ClN2O2.C14H16N2.C13H17NO.C8H7N.C3H4Cl2O2/c1-17-15-23(16-18-8-4-2-5-9-18)13-12-20(17)21(14-22)19-10-6-3-7-11-19;1-12-11-20(17(21)22-13(2)18)9-8-15(12)16(10-19)14-6-4-3-5-7-14;1-11-10-16-8-7-13(11)14(9-15)12-5-3-2-4-6-12;1-11-9-14(8-7-13(11)15)10-12-5-3-2-4-6-12;9-7-6-8-4-2-1-3-5-8;1-2(4)7-3(5)6/h2-11,17H,12-13,15-16H2,1H3;3-7,12-13H,8-9,11H2,1-2H3;2-6,11,16H,7-8,10H2,1H3;2-6,11H,7-10H2,1H3;1-5H,6H2;2H,1H3/b21-20+;16-15+;14-13+;;;. The van der Waals surface area contributed by atoms with Gasteiger partial charge in [-0.1, -0.05) is 233 Å². The predicted octanol–water partition coefficient (Wildman–Crippen LogP) is 16.9. The second-order valence-corrected chi connectivity index (χ2v) is 24.5. The number of alkyl halides is 2. The molecule has 1 N–H and O–H groups in total. The number of rotatable bonds is 10. The highest BCUT2D eigenvalue weighted by molar-refractivity contribution is 6.61. The molecule has 16 heteroatoms. The van der Waals surface area contributed by atoms with Crippen LogP contribution in [0.1, 0.15) is 101 Å². The van der Waals surface area contributed by atoms with Crippen LogP contribution in [0.2, 0.25) is 0 Å². The number of ketones is 1. The topological polar surface area (TPSA) is 187 Å². The number of amides is 1. The molecule has 4 heterocycles. The highest BCUT2D eigenvalue weighted by atomic mass is 35.5. The quantitative estimate of drug-likeness (QED) is 0.0778. The fourth-order valence-corrected chi connectivity index (χ4v) is 11.5. The molecule has 0 aliphatic carbocycles. The van der Waals surface area contributed by atoms with E-state index < -0.39 is 22.6 Å². The van der Waals surface area contributed by atoms with Crippen LogP contribution in [-0.4, -0.2) is 95.5 Å². The van der Waals surface area contributed by atoms with Crippen molar-refractivity contribution >= 4 is 68.8 Å². The summed E-state index contributed by atoms with van der Waals surface area (Å²) in [5, 5.41) is 40.1. The van der Waals surface area contributed by atoms with E-state index in [1.165, 1.54) is 29.2 Å². The molecule has 4 fully saturated rings. The highest BCUT2D eigenvalue weighted by Gasteiger charge is 2.29. The van der Waals surface area contributed by atoms with Crippen LogP contribution in [0.15, 0.2) is 199 Å². The molecule has 6 unspecified atom stereocenters. The van der Waals surface area contributed by atoms with Crippen LogP contribution in [0.4, 0.5) is 9.59 Å². The van der Waals surface area contributed by atoms with Gasteiger partial charge in [-0.25, -0.2) is 9.59 Å². The van der Waals surface area contributed by atoms with Crippen molar-refractivity contribution in [2.24, 2.45) is 23.7 Å². The number of ether oxygens (including phenoxy) is 2. The third-order valence-electron chi connectivity index (χ3n) is 15.8. The first-order valence-electron chi connectivity index (χ1n) is 31.3. The van der Waals surface area contributed by atoms with Gasteiger partial charge in [-0.05, 0) is 108 Å². The van der Waals surface area contributed by atoms with Crippen LogP contribution in [0.25, 0.3) is 16.7 Å². The number of nitrogens with one attached hydrogen (secondary N) is 1. The van der Waals surface area contributed by atoms with Crippen molar-refractivity contribution in [1.82, 2.24) is 20.0 Å². The van der Waals surface area contributed by atoms with Crippen molar-refractivity contribution in [3.8, 4) is 24.3 Å². The molecule has 4 aliphatic rings. The molecule has 92 heavy (non-hydrogen) atoms. The van der Waals surface area contributed by atoms with Crippen LogP contribution in [-0.2, 0) is 33.8 Å². The van der Waals surface area contributed by atoms with Crippen molar-refractivity contribution < 1.29 is 23.9 Å². The Morgan fingerprint density at radius 3 is 1.22 bits per heavy atom. The van der Waals surface area contributed by atoms with Gasteiger partial charge in [0.05, 0.1) is 47.4 Å². The summed E-state index contributed by atoms with van der Waals surface area (Å²) in [4.78, 5) is 39.5. The number of hydrogen-bond acceptors (Lipinski definition) is 12. The van der Waals surface area contributed by atoms with E-state index in [-0.39, 0.29) is 11.8 Å². The van der Waals surface area contributed by atoms with Gasteiger partial charge in [0.1, 0.15) is 5.78 Å². The lowest BCUT2D eigenvalue weighted by Crippen LogP contribution is -2.41. The van der Waals surface area contributed by atoms with E-state index in [4.69, 9.17) is 44.8 Å². The Hall–Kier alpha value is -8.34. The zero-order chi connectivity index (χ0) is 66.6. The molecule has 0 spiro atoms. The number of piperidine rings is 4. The van der Waals surface area contributed by atoms with Crippen molar-refractivity contribution in [1.29, 1.82) is 21.0 Å². The number of allylic oxidation sites excluding steroid dienone is 3. The molecule has 0 radical (unpaired) electrons. The monoisotopic (exact) mass is 1290 g/mol. The first-order chi connectivity index (χ1) is 44.4. The number of nitriles is 4. The van der Waals surface area contributed by atoms with Gasteiger partial charge in [-0.3, -0.25) is 14.6 Å². The third-order valence-corrected chi connectivity index (χ3v) is 16.1. The molecule has 13 nitrogen and oxygen atoms in total. The fourth-order valence-electron chi connectivity index (χ4n) is 11.2. The molecule has 1 amide bonds. The number of nitrogens with zero attached hydrogens (tertiary/aromatic N) is 7. The SMILES string of the molecule is CC(Cl)OC(=O)Cl.CC(Cl)OC(=O)N1CC/C(=C(/C#N)c2ccccc2)C(C)C1.CC1CN(Cc2ccccc2)CC/C1=C(/C#N)c1ccccc1.CC1CN(Cc2ccccc2)CCC1=O.CC1CNCC/C1=C(/C#N)c1ccccc1.N#CCc1ccccc1. The van der Waals surface area contributed by atoms with Gasteiger partial charge in [-0.15, -0.1) is 0 Å². The van der Waals surface area contributed by atoms with Crippen LogP contribution in [0, 0.1) is 69.0 Å². The Bertz CT molecular complexity index is 3490. The second kappa shape index (κ2) is 41.2. The summed E-state index contributed by atoms with van der Waals surface area (Å²) in [5.74, 6) is 1.62. The number of carbonyl (C=O) groups excluding carboxylic acids is 3. The minimum absolute atomic E-state index is 0.113. The molecule has 6 aromatic carbocycles. The van der Waals surface area contributed by atoms with Crippen molar-refractivity contribution in [3.05, 3.63) is 232 Å². The number of likely N-dealkylation sites (tertiary alicyclic amines) is 3. The van der Waals surface area contributed by atoms with Gasteiger partial charge in [0.25, 0.3) is 0 Å². The van der Waals surface area contributed by atoms with Gasteiger partial charge < -0.3 is 19.7 Å². The highest BCUT2D eigenvalue weighted by Crippen LogP contribution is 2.33. The van der Waals surface area contributed by atoms with E-state index in [2.05, 4.69) is 113 Å². The zero-order valence-corrected chi connectivity index (χ0v) is 56.0. The number of carbonyl (C=O) groups is 3. The summed E-state index contributed by atoms with van der Waals surface area (Å²) in [6, 6.07) is 69.7. The lowest BCUT2D eigenvalue weighted by molar-refractivity contribution is -0.125. The normalized spacial score (nSPS) is 20.1. The smallest absolute Gasteiger partial charge is 0.411 e. The molecule has 4 saturated heterocycles. The first-order valence-corrected chi connectivity index (χ1v) is 32.5. The summed E-state index contributed by atoms with van der Waals surface area (Å²) in [6.07, 6.45) is 3.47. The minimum Gasteiger partial charge on any atom is -0.434 e. The molecule has 6 aromatic rings. The molecule has 0 aromatic heterocycles. The molecule has 6 atom stereocenters. The van der Waals surface area contributed by atoms with Crippen LogP contribution < -0.4 is 5.32 Å². The fraction of sp³-hybridized carbons (Fsp3) is 0.355. The summed E-state index contributed by atoms with van der Waals surface area (Å²) in [5.41, 5.74) is 10.8. The zero-order valence-electron chi connectivity index (χ0n) is 53.7. The van der Waals surface area contributed by atoms with E-state index in [0.29, 0.717) is 55.5 Å². The lowest BCUT2D eigenvalue weighted by Gasteiger charge is -2.33. The van der Waals surface area contributed by atoms with E-state index in [0.717, 1.165) is 104 Å². The van der Waals surface area contributed by atoms with E-state index in [1.807, 2.05) is 141 Å². The Labute approximate surface area is 560 Å². The minimum atomic E-state index is -0.873. The average Bonchev–Trinajstić information content (AvgIpc) is 0.937. The van der Waals surface area contributed by atoms with Crippen LogP contribution in [0.3, 0.4) is 0 Å². The maximum absolute atomic E-state index is 11.9.